The number of rotatable bonds is 4. The second-order valence-electron chi connectivity index (χ2n) is 5.66. The van der Waals surface area contributed by atoms with Crippen LogP contribution in [0, 0.1) is 5.92 Å². The Morgan fingerprint density at radius 1 is 1.56 bits per heavy atom. The number of nitrogens with zero attached hydrogens (tertiary/aromatic N) is 2. The first kappa shape index (κ1) is 13.1. The summed E-state index contributed by atoms with van der Waals surface area (Å²) in [6.45, 7) is 6.50. The molecule has 1 aliphatic heterocycles. The smallest absolute Gasteiger partial charge is 0.220 e. The van der Waals surface area contributed by atoms with Gasteiger partial charge in [0.15, 0.2) is 0 Å². The van der Waals surface area contributed by atoms with Crippen molar-refractivity contribution < 1.29 is 4.79 Å². The van der Waals surface area contributed by atoms with Crippen LogP contribution in [0.25, 0.3) is 0 Å². The number of hydrogen-bond donors (Lipinski definition) is 1. The SMILES string of the molecule is CCc1nn(C)cc1CC1(C(C)C)CCC(=O)N1. The van der Waals surface area contributed by atoms with E-state index in [2.05, 4.69) is 37.4 Å². The quantitative estimate of drug-likeness (QED) is 0.885. The van der Waals surface area contributed by atoms with E-state index >= 15 is 0 Å². The Hall–Kier alpha value is -1.32. The van der Waals surface area contributed by atoms with Crippen molar-refractivity contribution in [2.24, 2.45) is 13.0 Å². The molecule has 1 unspecified atom stereocenters. The van der Waals surface area contributed by atoms with Crippen molar-refractivity contribution in [3.05, 3.63) is 17.5 Å². The van der Waals surface area contributed by atoms with Gasteiger partial charge in [-0.05, 0) is 30.7 Å². The van der Waals surface area contributed by atoms with Crippen LogP contribution in [0.2, 0.25) is 0 Å². The van der Waals surface area contributed by atoms with Gasteiger partial charge in [0.1, 0.15) is 0 Å². The fraction of sp³-hybridized carbons (Fsp3) is 0.714. The maximum Gasteiger partial charge on any atom is 0.220 e. The number of amides is 1. The van der Waals surface area contributed by atoms with Crippen LogP contribution >= 0.6 is 0 Å². The molecule has 1 aromatic heterocycles. The van der Waals surface area contributed by atoms with E-state index < -0.39 is 0 Å². The van der Waals surface area contributed by atoms with Gasteiger partial charge in [-0.1, -0.05) is 20.8 Å². The molecule has 4 nitrogen and oxygen atoms in total. The minimum Gasteiger partial charge on any atom is -0.350 e. The van der Waals surface area contributed by atoms with Gasteiger partial charge in [0.2, 0.25) is 5.91 Å². The molecule has 1 fully saturated rings. The van der Waals surface area contributed by atoms with Gasteiger partial charge in [-0.2, -0.15) is 5.10 Å². The molecule has 18 heavy (non-hydrogen) atoms. The third kappa shape index (κ3) is 2.28. The zero-order chi connectivity index (χ0) is 13.3. The second kappa shape index (κ2) is 4.75. The van der Waals surface area contributed by atoms with Crippen molar-refractivity contribution in [1.82, 2.24) is 15.1 Å². The topological polar surface area (TPSA) is 46.9 Å². The Morgan fingerprint density at radius 2 is 2.28 bits per heavy atom. The number of carbonyl (C=O) groups excluding carboxylic acids is 1. The molecule has 1 atom stereocenters. The third-order valence-corrected chi connectivity index (χ3v) is 4.12. The molecule has 1 N–H and O–H groups in total. The Bertz CT molecular complexity index is 450. The number of aromatic nitrogens is 2. The molecule has 2 heterocycles. The summed E-state index contributed by atoms with van der Waals surface area (Å²) in [4.78, 5) is 11.6. The molecular weight excluding hydrogens is 226 g/mol. The fourth-order valence-electron chi connectivity index (χ4n) is 2.88. The Balaban J connectivity index is 2.26. The largest absolute Gasteiger partial charge is 0.350 e. The zero-order valence-electron chi connectivity index (χ0n) is 11.8. The standard InChI is InChI=1S/C14H23N3O/c1-5-12-11(9-17(4)16-12)8-14(10(2)3)7-6-13(18)15-14/h9-10H,5-8H2,1-4H3,(H,15,18). The highest BCUT2D eigenvalue weighted by atomic mass is 16.2. The summed E-state index contributed by atoms with van der Waals surface area (Å²) in [5, 5.41) is 7.68. The lowest BCUT2D eigenvalue weighted by molar-refractivity contribution is -0.120. The normalized spacial score (nSPS) is 23.7. The van der Waals surface area contributed by atoms with E-state index in [-0.39, 0.29) is 11.4 Å². The van der Waals surface area contributed by atoms with E-state index in [1.54, 1.807) is 0 Å². The molecule has 1 aromatic rings. The lowest BCUT2D eigenvalue weighted by atomic mass is 9.79. The summed E-state index contributed by atoms with van der Waals surface area (Å²) in [5.74, 6) is 0.625. The molecule has 4 heteroatoms. The van der Waals surface area contributed by atoms with Crippen molar-refractivity contribution in [1.29, 1.82) is 0 Å². The van der Waals surface area contributed by atoms with Crippen molar-refractivity contribution in [2.45, 2.75) is 52.0 Å². The van der Waals surface area contributed by atoms with Crippen LogP contribution in [0.1, 0.15) is 44.9 Å². The second-order valence-corrected chi connectivity index (χ2v) is 5.66. The van der Waals surface area contributed by atoms with Gasteiger partial charge in [-0.25, -0.2) is 0 Å². The van der Waals surface area contributed by atoms with Crippen molar-refractivity contribution in [3.8, 4) is 0 Å². The summed E-state index contributed by atoms with van der Waals surface area (Å²) in [7, 11) is 1.96. The predicted molar refractivity (Wildman–Crippen MR) is 71.2 cm³/mol. The molecule has 0 radical (unpaired) electrons. The molecule has 1 amide bonds. The van der Waals surface area contributed by atoms with Gasteiger partial charge in [0, 0.05) is 25.2 Å². The summed E-state index contributed by atoms with van der Waals surface area (Å²) in [6, 6.07) is 0. The Morgan fingerprint density at radius 3 is 2.78 bits per heavy atom. The lowest BCUT2D eigenvalue weighted by Crippen LogP contribution is -2.48. The summed E-state index contributed by atoms with van der Waals surface area (Å²) in [5.41, 5.74) is 2.35. The zero-order valence-corrected chi connectivity index (χ0v) is 11.8. The number of aryl methyl sites for hydroxylation is 2. The predicted octanol–water partition coefficient (Wildman–Crippen LogP) is 1.83. The summed E-state index contributed by atoms with van der Waals surface area (Å²) in [6.07, 6.45) is 5.51. The van der Waals surface area contributed by atoms with Gasteiger partial charge in [-0.15, -0.1) is 0 Å². The van der Waals surface area contributed by atoms with Crippen molar-refractivity contribution >= 4 is 5.91 Å². The summed E-state index contributed by atoms with van der Waals surface area (Å²) < 4.78 is 1.87. The van der Waals surface area contributed by atoms with Crippen LogP contribution < -0.4 is 5.32 Å². The molecule has 100 valence electrons. The lowest BCUT2D eigenvalue weighted by Gasteiger charge is -2.33. The van der Waals surface area contributed by atoms with Crippen molar-refractivity contribution in [3.63, 3.8) is 0 Å². The molecule has 0 saturated carbocycles. The number of nitrogens with one attached hydrogen (secondary N) is 1. The maximum atomic E-state index is 11.6. The van der Waals surface area contributed by atoms with E-state index in [9.17, 15) is 4.79 Å². The van der Waals surface area contributed by atoms with E-state index in [1.807, 2.05) is 11.7 Å². The van der Waals surface area contributed by atoms with E-state index in [0.717, 1.165) is 25.0 Å². The monoisotopic (exact) mass is 249 g/mol. The van der Waals surface area contributed by atoms with E-state index in [1.165, 1.54) is 5.56 Å². The van der Waals surface area contributed by atoms with E-state index in [4.69, 9.17) is 0 Å². The Labute approximate surface area is 109 Å². The first-order valence-corrected chi connectivity index (χ1v) is 6.79. The number of hydrogen-bond acceptors (Lipinski definition) is 2. The highest BCUT2D eigenvalue weighted by molar-refractivity contribution is 5.79. The summed E-state index contributed by atoms with van der Waals surface area (Å²) >= 11 is 0. The highest BCUT2D eigenvalue weighted by Gasteiger charge is 2.40. The average molecular weight is 249 g/mol. The first-order valence-electron chi connectivity index (χ1n) is 6.79. The molecular formula is C14H23N3O. The third-order valence-electron chi connectivity index (χ3n) is 4.12. The van der Waals surface area contributed by atoms with Crippen LogP contribution in [0.5, 0.6) is 0 Å². The molecule has 0 aromatic carbocycles. The first-order chi connectivity index (χ1) is 8.47. The van der Waals surface area contributed by atoms with Crippen LogP contribution in [0.15, 0.2) is 6.20 Å². The Kier molecular flexibility index (Phi) is 3.46. The molecule has 2 rings (SSSR count). The van der Waals surface area contributed by atoms with Crippen molar-refractivity contribution in [2.75, 3.05) is 0 Å². The fourth-order valence-corrected chi connectivity index (χ4v) is 2.88. The minimum atomic E-state index is -0.0793. The molecule has 0 aliphatic carbocycles. The average Bonchev–Trinajstić information content (AvgIpc) is 2.83. The van der Waals surface area contributed by atoms with Gasteiger partial charge < -0.3 is 5.32 Å². The van der Waals surface area contributed by atoms with E-state index in [0.29, 0.717) is 12.3 Å². The van der Waals surface area contributed by atoms with Gasteiger partial charge >= 0.3 is 0 Å². The maximum absolute atomic E-state index is 11.6. The van der Waals surface area contributed by atoms with Gasteiger partial charge in [0.25, 0.3) is 0 Å². The molecule has 0 spiro atoms. The number of carbonyl (C=O) groups is 1. The minimum absolute atomic E-state index is 0.0793. The van der Waals surface area contributed by atoms with Gasteiger partial charge in [0.05, 0.1) is 5.69 Å². The van der Waals surface area contributed by atoms with Crippen LogP contribution in [-0.4, -0.2) is 21.2 Å². The molecule has 1 aliphatic rings. The highest BCUT2D eigenvalue weighted by Crippen LogP contribution is 2.32. The van der Waals surface area contributed by atoms with Crippen LogP contribution in [-0.2, 0) is 24.7 Å². The van der Waals surface area contributed by atoms with Crippen LogP contribution in [0.4, 0.5) is 0 Å². The van der Waals surface area contributed by atoms with Gasteiger partial charge in [-0.3, -0.25) is 9.48 Å². The molecule has 1 saturated heterocycles. The van der Waals surface area contributed by atoms with Crippen LogP contribution in [0.3, 0.4) is 0 Å². The molecule has 0 bridgehead atoms.